The minimum atomic E-state index is 0.437. The fourth-order valence-electron chi connectivity index (χ4n) is 3.61. The van der Waals surface area contributed by atoms with Crippen molar-refractivity contribution >= 4 is 21.6 Å². The average Bonchev–Trinajstić information content (AvgIpc) is 3.18. The standard InChI is InChI=1S/C19H21N3S/c1-22-12-13(11-20)10-17(22)14-6-2-3-7-15(14)19-21-16-8-4-5-9-18(16)23-19/h2-9,13,17H,10-12,20H2,1H3. The summed E-state index contributed by atoms with van der Waals surface area (Å²) in [7, 11) is 2.20. The fourth-order valence-corrected chi connectivity index (χ4v) is 4.62. The number of fused-ring (bicyclic) bond motifs is 1. The van der Waals surface area contributed by atoms with E-state index in [9.17, 15) is 0 Å². The third kappa shape index (κ3) is 2.67. The summed E-state index contributed by atoms with van der Waals surface area (Å²) in [6.45, 7) is 1.85. The van der Waals surface area contributed by atoms with Crippen molar-refractivity contribution in [3.63, 3.8) is 0 Å². The Morgan fingerprint density at radius 3 is 2.74 bits per heavy atom. The lowest BCUT2D eigenvalue weighted by atomic mass is 9.96. The zero-order chi connectivity index (χ0) is 15.8. The van der Waals surface area contributed by atoms with Gasteiger partial charge in [0.2, 0.25) is 0 Å². The summed E-state index contributed by atoms with van der Waals surface area (Å²) in [5.41, 5.74) is 9.63. The highest BCUT2D eigenvalue weighted by atomic mass is 32.1. The van der Waals surface area contributed by atoms with Crippen LogP contribution in [0.25, 0.3) is 20.8 Å². The van der Waals surface area contributed by atoms with Crippen LogP contribution in [-0.2, 0) is 0 Å². The number of likely N-dealkylation sites (tertiary alicyclic amines) is 1. The first kappa shape index (κ1) is 14.8. The summed E-state index contributed by atoms with van der Waals surface area (Å²) >= 11 is 1.78. The third-order valence-corrected chi connectivity index (χ3v) is 5.88. The molecule has 2 unspecified atom stereocenters. The van der Waals surface area contributed by atoms with Crippen LogP contribution in [0.5, 0.6) is 0 Å². The second-order valence-corrected chi connectivity index (χ2v) is 7.40. The van der Waals surface area contributed by atoms with E-state index in [1.165, 1.54) is 15.8 Å². The third-order valence-electron chi connectivity index (χ3n) is 4.81. The van der Waals surface area contributed by atoms with Gasteiger partial charge >= 0.3 is 0 Å². The van der Waals surface area contributed by atoms with Crippen LogP contribution in [0.4, 0.5) is 0 Å². The van der Waals surface area contributed by atoms with Gasteiger partial charge in [0, 0.05) is 18.2 Å². The number of para-hydroxylation sites is 1. The van der Waals surface area contributed by atoms with Crippen LogP contribution in [0.2, 0.25) is 0 Å². The summed E-state index contributed by atoms with van der Waals surface area (Å²) < 4.78 is 1.25. The Kier molecular flexibility index (Phi) is 3.89. The molecule has 1 aromatic heterocycles. The van der Waals surface area contributed by atoms with Gasteiger partial charge in [-0.3, -0.25) is 4.90 Å². The Labute approximate surface area is 140 Å². The predicted octanol–water partition coefficient (Wildman–Crippen LogP) is 3.91. The molecule has 0 saturated carbocycles. The Balaban J connectivity index is 1.78. The Bertz CT molecular complexity index is 793. The van der Waals surface area contributed by atoms with Crippen molar-refractivity contribution < 1.29 is 0 Å². The second-order valence-electron chi connectivity index (χ2n) is 6.37. The quantitative estimate of drug-likeness (QED) is 0.794. The molecule has 0 spiro atoms. The molecule has 3 aromatic rings. The number of hydrogen-bond donors (Lipinski definition) is 1. The van der Waals surface area contributed by atoms with E-state index in [4.69, 9.17) is 10.7 Å². The van der Waals surface area contributed by atoms with Crippen LogP contribution in [0.3, 0.4) is 0 Å². The monoisotopic (exact) mass is 323 g/mol. The topological polar surface area (TPSA) is 42.1 Å². The maximum atomic E-state index is 5.90. The molecular weight excluding hydrogens is 302 g/mol. The molecule has 2 atom stereocenters. The van der Waals surface area contributed by atoms with Crippen molar-refractivity contribution in [2.24, 2.45) is 11.7 Å². The molecule has 1 fully saturated rings. The fraction of sp³-hybridized carbons (Fsp3) is 0.316. The lowest BCUT2D eigenvalue weighted by Crippen LogP contribution is -2.20. The van der Waals surface area contributed by atoms with Gasteiger partial charge in [0.05, 0.1) is 10.2 Å². The molecule has 2 heterocycles. The molecule has 0 amide bonds. The van der Waals surface area contributed by atoms with Crippen molar-refractivity contribution in [3.8, 4) is 10.6 Å². The molecule has 2 N–H and O–H groups in total. The van der Waals surface area contributed by atoms with Gasteiger partial charge in [0.1, 0.15) is 5.01 Å². The van der Waals surface area contributed by atoms with Crippen molar-refractivity contribution in [2.75, 3.05) is 20.1 Å². The van der Waals surface area contributed by atoms with Crippen molar-refractivity contribution in [1.29, 1.82) is 0 Å². The van der Waals surface area contributed by atoms with Gasteiger partial charge in [-0.2, -0.15) is 0 Å². The molecule has 0 aliphatic carbocycles. The maximum absolute atomic E-state index is 5.90. The smallest absolute Gasteiger partial charge is 0.124 e. The van der Waals surface area contributed by atoms with E-state index >= 15 is 0 Å². The lowest BCUT2D eigenvalue weighted by molar-refractivity contribution is 0.314. The highest BCUT2D eigenvalue weighted by Crippen LogP contribution is 2.40. The summed E-state index contributed by atoms with van der Waals surface area (Å²) in [4.78, 5) is 7.29. The first-order valence-corrected chi connectivity index (χ1v) is 8.93. The van der Waals surface area contributed by atoms with Crippen LogP contribution in [0, 0.1) is 5.92 Å². The minimum absolute atomic E-state index is 0.437. The summed E-state index contributed by atoms with van der Waals surface area (Å²) in [6.07, 6.45) is 1.13. The van der Waals surface area contributed by atoms with E-state index in [2.05, 4.69) is 54.4 Å². The van der Waals surface area contributed by atoms with Gasteiger partial charge in [-0.25, -0.2) is 4.98 Å². The van der Waals surface area contributed by atoms with Crippen LogP contribution >= 0.6 is 11.3 Å². The minimum Gasteiger partial charge on any atom is -0.330 e. The summed E-state index contributed by atoms with van der Waals surface area (Å²) in [5, 5.41) is 1.12. The summed E-state index contributed by atoms with van der Waals surface area (Å²) in [6, 6.07) is 17.5. The van der Waals surface area contributed by atoms with Crippen molar-refractivity contribution in [3.05, 3.63) is 54.1 Å². The van der Waals surface area contributed by atoms with E-state index in [1.807, 2.05) is 6.07 Å². The normalized spacial score (nSPS) is 22.0. The van der Waals surface area contributed by atoms with E-state index < -0.39 is 0 Å². The Morgan fingerprint density at radius 2 is 1.96 bits per heavy atom. The molecule has 0 bridgehead atoms. The maximum Gasteiger partial charge on any atom is 0.124 e. The number of benzene rings is 2. The Morgan fingerprint density at radius 1 is 1.17 bits per heavy atom. The number of hydrogen-bond acceptors (Lipinski definition) is 4. The second kappa shape index (κ2) is 6.04. The van der Waals surface area contributed by atoms with Crippen molar-refractivity contribution in [1.82, 2.24) is 9.88 Å². The van der Waals surface area contributed by atoms with Crippen LogP contribution in [-0.4, -0.2) is 30.0 Å². The average molecular weight is 323 g/mol. The first-order chi connectivity index (χ1) is 11.3. The van der Waals surface area contributed by atoms with Gasteiger partial charge in [-0.15, -0.1) is 11.3 Å². The van der Waals surface area contributed by atoms with Gasteiger partial charge in [0.15, 0.2) is 0 Å². The van der Waals surface area contributed by atoms with Crippen LogP contribution < -0.4 is 5.73 Å². The molecule has 118 valence electrons. The van der Waals surface area contributed by atoms with Gasteiger partial charge < -0.3 is 5.73 Å². The molecule has 23 heavy (non-hydrogen) atoms. The highest BCUT2D eigenvalue weighted by molar-refractivity contribution is 7.21. The zero-order valence-corrected chi connectivity index (χ0v) is 14.1. The van der Waals surface area contributed by atoms with Gasteiger partial charge in [-0.1, -0.05) is 36.4 Å². The van der Waals surface area contributed by atoms with E-state index in [1.54, 1.807) is 11.3 Å². The first-order valence-electron chi connectivity index (χ1n) is 8.11. The van der Waals surface area contributed by atoms with Gasteiger partial charge in [0.25, 0.3) is 0 Å². The molecule has 2 aromatic carbocycles. The predicted molar refractivity (Wildman–Crippen MR) is 97.6 cm³/mol. The van der Waals surface area contributed by atoms with E-state index in [0.29, 0.717) is 12.0 Å². The zero-order valence-electron chi connectivity index (χ0n) is 13.3. The number of nitrogens with zero attached hydrogens (tertiary/aromatic N) is 2. The van der Waals surface area contributed by atoms with Crippen LogP contribution in [0.1, 0.15) is 18.0 Å². The molecule has 4 rings (SSSR count). The SMILES string of the molecule is CN1CC(CN)CC1c1ccccc1-c1nc2ccccc2s1. The number of nitrogens with two attached hydrogens (primary N) is 1. The highest BCUT2D eigenvalue weighted by Gasteiger charge is 2.31. The van der Waals surface area contributed by atoms with Gasteiger partial charge in [-0.05, 0) is 43.6 Å². The molecular formula is C19H21N3S. The molecule has 1 aliphatic heterocycles. The molecule has 3 nitrogen and oxygen atoms in total. The van der Waals surface area contributed by atoms with E-state index in [0.717, 1.165) is 30.0 Å². The molecule has 0 radical (unpaired) electrons. The van der Waals surface area contributed by atoms with E-state index in [-0.39, 0.29) is 0 Å². The number of thiazole rings is 1. The molecule has 4 heteroatoms. The number of aromatic nitrogens is 1. The largest absolute Gasteiger partial charge is 0.330 e. The Hall–Kier alpha value is -1.75. The molecule has 1 aliphatic rings. The summed E-state index contributed by atoms with van der Waals surface area (Å²) in [5.74, 6) is 0.591. The van der Waals surface area contributed by atoms with Crippen molar-refractivity contribution in [2.45, 2.75) is 12.5 Å². The number of rotatable bonds is 3. The molecule has 1 saturated heterocycles. The van der Waals surface area contributed by atoms with Crippen LogP contribution in [0.15, 0.2) is 48.5 Å². The lowest BCUT2D eigenvalue weighted by Gasteiger charge is -2.21.